The number of allylic oxidation sites excluding steroid dienone is 1. The topological polar surface area (TPSA) is 113 Å². The van der Waals surface area contributed by atoms with Gasteiger partial charge in [-0.1, -0.05) is 6.07 Å². The summed E-state index contributed by atoms with van der Waals surface area (Å²) in [5.41, 5.74) is 9.15. The van der Waals surface area contributed by atoms with Gasteiger partial charge in [0.2, 0.25) is 17.5 Å². The average molecular weight is 594 g/mol. The van der Waals surface area contributed by atoms with Crippen LogP contribution in [0.25, 0.3) is 11.8 Å². The Morgan fingerprint density at radius 2 is 1.86 bits per heavy atom. The highest BCUT2D eigenvalue weighted by Gasteiger charge is 2.30. The molecule has 0 saturated carbocycles. The number of ether oxygens (including phenoxy) is 2. The number of alkyl halides is 2. The van der Waals surface area contributed by atoms with E-state index in [0.717, 1.165) is 12.1 Å². The number of nitrogens with zero attached hydrogens (tertiary/aromatic N) is 4. The summed E-state index contributed by atoms with van der Waals surface area (Å²) in [4.78, 5) is 31.4. The maximum atomic E-state index is 14.0. The van der Waals surface area contributed by atoms with Gasteiger partial charge >= 0.3 is 6.61 Å². The Labute approximate surface area is 242 Å². The highest BCUT2D eigenvalue weighted by Crippen LogP contribution is 2.40. The molecule has 2 aromatic heterocycles. The van der Waals surface area contributed by atoms with Crippen LogP contribution >= 0.6 is 0 Å². The number of aryl methyl sites for hydroxylation is 1. The van der Waals surface area contributed by atoms with Crippen LogP contribution in [0.4, 0.5) is 29.1 Å². The SMILES string of the molecule is Cc1cc(Oc2c(F)cccc2F)ncc1-n1ncc(C(=O)C2=Cc3cc(OC(F)F)c(N4CCCC4=O)cc3C2)c1N. The Balaban J connectivity index is 1.25. The number of anilines is 2. The van der Waals surface area contributed by atoms with Crippen molar-refractivity contribution in [2.45, 2.75) is 32.8 Å². The van der Waals surface area contributed by atoms with Gasteiger partial charge in [-0.15, -0.1) is 0 Å². The normalized spacial score (nSPS) is 14.3. The van der Waals surface area contributed by atoms with E-state index in [2.05, 4.69) is 10.1 Å². The summed E-state index contributed by atoms with van der Waals surface area (Å²) in [6, 6.07) is 7.79. The second-order valence-corrected chi connectivity index (χ2v) is 10.0. The van der Waals surface area contributed by atoms with E-state index in [0.29, 0.717) is 47.3 Å². The van der Waals surface area contributed by atoms with Crippen LogP contribution in [0, 0.1) is 18.6 Å². The van der Waals surface area contributed by atoms with Gasteiger partial charge in [0.05, 0.1) is 29.3 Å². The number of hydrogen-bond acceptors (Lipinski definition) is 7. The smallest absolute Gasteiger partial charge is 0.387 e. The highest BCUT2D eigenvalue weighted by atomic mass is 19.3. The fourth-order valence-corrected chi connectivity index (χ4v) is 5.19. The van der Waals surface area contributed by atoms with Crippen molar-refractivity contribution in [2.75, 3.05) is 17.2 Å². The van der Waals surface area contributed by atoms with Gasteiger partial charge in [-0.2, -0.15) is 13.9 Å². The summed E-state index contributed by atoms with van der Waals surface area (Å²) in [7, 11) is 0. The molecule has 1 fully saturated rings. The number of nitrogens with two attached hydrogens (primary N) is 1. The van der Waals surface area contributed by atoms with Crippen LogP contribution in [0.5, 0.6) is 17.4 Å². The van der Waals surface area contributed by atoms with Crippen molar-refractivity contribution in [3.05, 3.63) is 88.3 Å². The molecule has 43 heavy (non-hydrogen) atoms. The van der Waals surface area contributed by atoms with Crippen molar-refractivity contribution < 1.29 is 36.6 Å². The number of hydrogen-bond donors (Lipinski definition) is 1. The minimum absolute atomic E-state index is 0.0191. The van der Waals surface area contributed by atoms with Crippen molar-refractivity contribution in [3.63, 3.8) is 0 Å². The molecule has 0 spiro atoms. The number of benzene rings is 2. The first kappa shape index (κ1) is 27.9. The van der Waals surface area contributed by atoms with E-state index in [1.807, 2.05) is 0 Å². The maximum Gasteiger partial charge on any atom is 0.387 e. The maximum absolute atomic E-state index is 14.0. The first-order chi connectivity index (χ1) is 20.6. The number of fused-ring (bicyclic) bond motifs is 1. The zero-order chi connectivity index (χ0) is 30.4. The highest BCUT2D eigenvalue weighted by molar-refractivity contribution is 6.15. The largest absolute Gasteiger partial charge is 0.433 e. The molecule has 0 radical (unpaired) electrons. The Morgan fingerprint density at radius 3 is 2.53 bits per heavy atom. The van der Waals surface area contributed by atoms with Crippen LogP contribution < -0.4 is 20.1 Å². The summed E-state index contributed by atoms with van der Waals surface area (Å²) in [5, 5.41) is 4.25. The summed E-state index contributed by atoms with van der Waals surface area (Å²) in [6.07, 6.45) is 5.32. The third kappa shape index (κ3) is 5.17. The van der Waals surface area contributed by atoms with Gasteiger partial charge in [0.15, 0.2) is 17.4 Å². The lowest BCUT2D eigenvalue weighted by Crippen LogP contribution is -2.25. The number of nitrogen functional groups attached to an aromatic ring is 1. The van der Waals surface area contributed by atoms with E-state index in [-0.39, 0.29) is 41.0 Å². The number of carbonyl (C=O) groups is 2. The number of para-hydroxylation sites is 1. The number of halogens is 4. The zero-order valence-electron chi connectivity index (χ0n) is 22.6. The van der Waals surface area contributed by atoms with Crippen molar-refractivity contribution in [1.29, 1.82) is 0 Å². The number of aromatic nitrogens is 3. The second kappa shape index (κ2) is 10.9. The van der Waals surface area contributed by atoms with Crippen LogP contribution in [0.1, 0.15) is 39.9 Å². The molecule has 1 aliphatic heterocycles. The van der Waals surface area contributed by atoms with Crippen molar-refractivity contribution >= 4 is 29.3 Å². The molecule has 9 nitrogen and oxygen atoms in total. The molecule has 1 saturated heterocycles. The van der Waals surface area contributed by atoms with Gasteiger partial charge in [-0.3, -0.25) is 9.59 Å². The molecular weight excluding hydrogens is 570 g/mol. The molecule has 6 rings (SSSR count). The number of pyridine rings is 1. The van der Waals surface area contributed by atoms with Crippen LogP contribution in [0.15, 0.2) is 54.4 Å². The van der Waals surface area contributed by atoms with Crippen molar-refractivity contribution in [2.24, 2.45) is 0 Å². The second-order valence-electron chi connectivity index (χ2n) is 10.0. The summed E-state index contributed by atoms with van der Waals surface area (Å²) < 4.78 is 65.7. The van der Waals surface area contributed by atoms with Crippen molar-refractivity contribution in [3.8, 4) is 23.1 Å². The number of carbonyl (C=O) groups excluding carboxylic acids is 2. The average Bonchev–Trinajstić information content (AvgIpc) is 3.68. The number of Topliss-reactive ketones (excluding diaryl/α,β-unsaturated/α-hetero) is 1. The van der Waals surface area contributed by atoms with Gasteiger partial charge in [0.25, 0.3) is 0 Å². The molecule has 2 aliphatic rings. The number of ketones is 1. The molecule has 0 unspecified atom stereocenters. The van der Waals surface area contributed by atoms with Gasteiger partial charge in [0.1, 0.15) is 11.6 Å². The molecule has 13 heteroatoms. The predicted octanol–water partition coefficient (Wildman–Crippen LogP) is 5.78. The number of amides is 1. The minimum Gasteiger partial charge on any atom is -0.433 e. The summed E-state index contributed by atoms with van der Waals surface area (Å²) >= 11 is 0. The Hall–Kier alpha value is -5.20. The molecule has 1 amide bonds. The molecule has 2 aromatic carbocycles. The Bertz CT molecular complexity index is 1800. The third-order valence-corrected chi connectivity index (χ3v) is 7.27. The molecule has 1 aliphatic carbocycles. The lowest BCUT2D eigenvalue weighted by molar-refractivity contribution is -0.117. The lowest BCUT2D eigenvalue weighted by Gasteiger charge is -2.21. The summed E-state index contributed by atoms with van der Waals surface area (Å²) in [6.45, 7) is -1.03. The standard InChI is InChI=1S/C30H23F4N5O4/c1-15-8-25(43-28-20(31)4-2-5-21(28)32)36-14-23(15)39-29(35)19(13-37-39)27(41)18-9-16-11-22(38-7-3-6-26(38)40)24(42-30(33)34)12-17(16)10-18/h2,4-5,8,10-14,30H,3,6-7,9,35H2,1H3. The van der Waals surface area contributed by atoms with E-state index < -0.39 is 29.8 Å². The Kier molecular flexibility index (Phi) is 7.08. The van der Waals surface area contributed by atoms with Gasteiger partial charge < -0.3 is 20.1 Å². The van der Waals surface area contributed by atoms with Gasteiger partial charge in [0, 0.05) is 31.0 Å². The predicted molar refractivity (Wildman–Crippen MR) is 148 cm³/mol. The first-order valence-corrected chi connectivity index (χ1v) is 13.2. The van der Waals surface area contributed by atoms with Crippen LogP contribution in [0.2, 0.25) is 0 Å². The van der Waals surface area contributed by atoms with E-state index >= 15 is 0 Å². The van der Waals surface area contributed by atoms with Crippen molar-refractivity contribution in [1.82, 2.24) is 14.8 Å². The fourth-order valence-electron chi connectivity index (χ4n) is 5.19. The molecule has 4 aromatic rings. The zero-order valence-corrected chi connectivity index (χ0v) is 22.6. The van der Waals surface area contributed by atoms with E-state index in [1.165, 1.54) is 40.2 Å². The monoisotopic (exact) mass is 593 g/mol. The van der Waals surface area contributed by atoms with Crippen LogP contribution in [0.3, 0.4) is 0 Å². The van der Waals surface area contributed by atoms with Crippen LogP contribution in [-0.2, 0) is 11.2 Å². The summed E-state index contributed by atoms with van der Waals surface area (Å²) in [5.74, 6) is -3.16. The quantitative estimate of drug-likeness (QED) is 0.204. The first-order valence-electron chi connectivity index (χ1n) is 13.2. The molecule has 0 atom stereocenters. The third-order valence-electron chi connectivity index (χ3n) is 7.27. The fraction of sp³-hybridized carbons (Fsp3) is 0.200. The molecule has 3 heterocycles. The number of rotatable bonds is 8. The van der Waals surface area contributed by atoms with E-state index in [9.17, 15) is 27.2 Å². The Morgan fingerprint density at radius 1 is 1.09 bits per heavy atom. The molecular formula is C30H23F4N5O4. The van der Waals surface area contributed by atoms with Gasteiger partial charge in [-0.05, 0) is 60.4 Å². The van der Waals surface area contributed by atoms with Gasteiger partial charge in [-0.25, -0.2) is 18.4 Å². The molecule has 0 bridgehead atoms. The minimum atomic E-state index is -3.09. The van der Waals surface area contributed by atoms with Crippen LogP contribution in [-0.4, -0.2) is 39.6 Å². The molecule has 2 N–H and O–H groups in total. The van der Waals surface area contributed by atoms with E-state index in [4.69, 9.17) is 15.2 Å². The molecule has 220 valence electrons. The lowest BCUT2D eigenvalue weighted by atomic mass is 10.0. The van der Waals surface area contributed by atoms with E-state index in [1.54, 1.807) is 19.1 Å².